The van der Waals surface area contributed by atoms with Gasteiger partial charge in [0.25, 0.3) is 0 Å². The molecule has 1 saturated heterocycles. The Morgan fingerprint density at radius 1 is 1.35 bits per heavy atom. The quantitative estimate of drug-likeness (QED) is 0.755. The number of hydrogen-bond acceptors (Lipinski definition) is 4. The van der Waals surface area contributed by atoms with Crippen molar-refractivity contribution in [3.8, 4) is 0 Å². The zero-order valence-electron chi connectivity index (χ0n) is 11.3. The first-order valence-electron chi connectivity index (χ1n) is 6.82. The fourth-order valence-corrected chi connectivity index (χ4v) is 3.82. The summed E-state index contributed by atoms with van der Waals surface area (Å²) in [7, 11) is 0. The van der Waals surface area contributed by atoms with Crippen LogP contribution in [0.25, 0.3) is 0 Å². The first kappa shape index (κ1) is 15.4. The van der Waals surface area contributed by atoms with E-state index in [0.29, 0.717) is 19.0 Å². The van der Waals surface area contributed by atoms with E-state index in [4.69, 9.17) is 9.84 Å². The van der Waals surface area contributed by atoms with Gasteiger partial charge in [0.1, 0.15) is 0 Å². The van der Waals surface area contributed by atoms with Crippen LogP contribution in [0.2, 0.25) is 0 Å². The predicted molar refractivity (Wildman–Crippen MR) is 78.7 cm³/mol. The summed E-state index contributed by atoms with van der Waals surface area (Å²) in [6.45, 7) is 1.23. The van der Waals surface area contributed by atoms with Crippen LogP contribution in [0, 0.1) is 5.92 Å². The van der Waals surface area contributed by atoms with Gasteiger partial charge in [0, 0.05) is 17.6 Å². The number of aliphatic hydroxyl groups is 1. The van der Waals surface area contributed by atoms with E-state index in [1.165, 1.54) is 0 Å². The number of rotatable bonds is 7. The summed E-state index contributed by atoms with van der Waals surface area (Å²) >= 11 is 1.55. The fraction of sp³-hybridized carbons (Fsp3) is 0.533. The summed E-state index contributed by atoms with van der Waals surface area (Å²) in [4.78, 5) is 10.9. The van der Waals surface area contributed by atoms with E-state index in [-0.39, 0.29) is 5.25 Å². The third-order valence-electron chi connectivity index (χ3n) is 3.49. The van der Waals surface area contributed by atoms with Crippen molar-refractivity contribution in [2.75, 3.05) is 12.4 Å². The number of aliphatic carboxylic acids is 1. The maximum absolute atomic E-state index is 10.9. The number of ether oxygens (including phenoxy) is 1. The molecule has 3 unspecified atom stereocenters. The number of benzene rings is 1. The molecule has 0 radical (unpaired) electrons. The summed E-state index contributed by atoms with van der Waals surface area (Å²) in [5.41, 5.74) is 1.15. The number of carbonyl (C=O) groups is 1. The number of thioether (sulfide) groups is 1. The van der Waals surface area contributed by atoms with Crippen LogP contribution >= 0.6 is 11.8 Å². The summed E-state index contributed by atoms with van der Waals surface area (Å²) in [6, 6.07) is 9.98. The molecule has 1 aromatic carbocycles. The zero-order chi connectivity index (χ0) is 14.4. The van der Waals surface area contributed by atoms with Crippen LogP contribution in [0.15, 0.2) is 30.3 Å². The van der Waals surface area contributed by atoms with Gasteiger partial charge in [-0.05, 0) is 18.4 Å². The second-order valence-corrected chi connectivity index (χ2v) is 6.26. The fourth-order valence-electron chi connectivity index (χ4n) is 2.31. The minimum absolute atomic E-state index is 0.0245. The van der Waals surface area contributed by atoms with Crippen molar-refractivity contribution in [2.24, 2.45) is 5.92 Å². The van der Waals surface area contributed by atoms with Gasteiger partial charge in [0.05, 0.1) is 18.6 Å². The molecule has 1 aromatic rings. The topological polar surface area (TPSA) is 66.8 Å². The standard InChI is InChI=1S/C15H20O4S/c16-14-12(15(17)18)10-20-13(14)7-4-8-19-9-11-5-2-1-3-6-11/h1-3,5-6,12-14,16H,4,7-10H2,(H,17,18). The van der Waals surface area contributed by atoms with E-state index < -0.39 is 18.0 Å². The first-order chi connectivity index (χ1) is 9.68. The molecule has 4 nitrogen and oxygen atoms in total. The molecule has 1 fully saturated rings. The van der Waals surface area contributed by atoms with Gasteiger partial charge in [-0.2, -0.15) is 11.8 Å². The highest BCUT2D eigenvalue weighted by molar-refractivity contribution is 8.00. The predicted octanol–water partition coefficient (Wildman–Crippen LogP) is 2.16. The van der Waals surface area contributed by atoms with Gasteiger partial charge in [-0.15, -0.1) is 0 Å². The minimum atomic E-state index is -0.896. The molecule has 0 spiro atoms. The Bertz CT molecular complexity index is 423. The molecule has 0 aromatic heterocycles. The van der Waals surface area contributed by atoms with E-state index in [0.717, 1.165) is 18.4 Å². The van der Waals surface area contributed by atoms with Crippen molar-refractivity contribution in [1.29, 1.82) is 0 Å². The van der Waals surface area contributed by atoms with E-state index in [9.17, 15) is 9.90 Å². The van der Waals surface area contributed by atoms with E-state index >= 15 is 0 Å². The van der Waals surface area contributed by atoms with E-state index in [1.54, 1.807) is 11.8 Å². The van der Waals surface area contributed by atoms with Gasteiger partial charge in [0.2, 0.25) is 0 Å². The van der Waals surface area contributed by atoms with Gasteiger partial charge in [-0.25, -0.2) is 0 Å². The minimum Gasteiger partial charge on any atom is -0.481 e. The van der Waals surface area contributed by atoms with Crippen molar-refractivity contribution in [1.82, 2.24) is 0 Å². The normalized spacial score (nSPS) is 25.8. The number of aliphatic hydroxyl groups excluding tert-OH is 1. The van der Waals surface area contributed by atoms with Crippen LogP contribution in [0.4, 0.5) is 0 Å². The Morgan fingerprint density at radius 3 is 2.75 bits per heavy atom. The van der Waals surface area contributed by atoms with Crippen LogP contribution in [0.3, 0.4) is 0 Å². The molecule has 1 heterocycles. The van der Waals surface area contributed by atoms with Crippen LogP contribution in [0.5, 0.6) is 0 Å². The zero-order valence-corrected chi connectivity index (χ0v) is 12.1. The number of carboxylic acids is 1. The highest BCUT2D eigenvalue weighted by Gasteiger charge is 2.39. The van der Waals surface area contributed by atoms with Gasteiger partial charge < -0.3 is 14.9 Å². The molecule has 110 valence electrons. The molecule has 1 aliphatic heterocycles. The maximum atomic E-state index is 10.9. The average Bonchev–Trinajstić information content (AvgIpc) is 2.81. The SMILES string of the molecule is O=C(O)C1CSC(CCCOCc2ccccc2)C1O. The Hall–Kier alpha value is -1.04. The van der Waals surface area contributed by atoms with Gasteiger partial charge >= 0.3 is 5.97 Å². The van der Waals surface area contributed by atoms with Crippen molar-refractivity contribution in [2.45, 2.75) is 30.8 Å². The van der Waals surface area contributed by atoms with Crippen LogP contribution in [-0.2, 0) is 16.1 Å². The van der Waals surface area contributed by atoms with E-state index in [2.05, 4.69) is 0 Å². The summed E-state index contributed by atoms with van der Waals surface area (Å²) < 4.78 is 5.58. The van der Waals surface area contributed by atoms with Crippen LogP contribution in [-0.4, -0.2) is 39.9 Å². The Balaban J connectivity index is 1.61. The van der Waals surface area contributed by atoms with Gasteiger partial charge in [-0.3, -0.25) is 4.79 Å². The Morgan fingerprint density at radius 2 is 2.10 bits per heavy atom. The molecule has 0 amide bonds. The lowest BCUT2D eigenvalue weighted by Crippen LogP contribution is -2.30. The number of carboxylic acid groups (broad SMARTS) is 1. The third-order valence-corrected chi connectivity index (χ3v) is 4.98. The molecular weight excluding hydrogens is 276 g/mol. The molecule has 0 aliphatic carbocycles. The van der Waals surface area contributed by atoms with Crippen LogP contribution in [0.1, 0.15) is 18.4 Å². The molecule has 2 N–H and O–H groups in total. The highest BCUT2D eigenvalue weighted by atomic mass is 32.2. The molecule has 0 bridgehead atoms. The second-order valence-electron chi connectivity index (χ2n) is 4.99. The average molecular weight is 296 g/mol. The molecule has 2 rings (SSSR count). The second kappa shape index (κ2) is 7.67. The molecule has 0 saturated carbocycles. The van der Waals surface area contributed by atoms with Crippen molar-refractivity contribution >= 4 is 17.7 Å². The van der Waals surface area contributed by atoms with Crippen molar-refractivity contribution in [3.63, 3.8) is 0 Å². The van der Waals surface area contributed by atoms with Gasteiger partial charge in [-0.1, -0.05) is 30.3 Å². The lowest BCUT2D eigenvalue weighted by Gasteiger charge is -2.15. The molecule has 20 heavy (non-hydrogen) atoms. The van der Waals surface area contributed by atoms with Gasteiger partial charge in [0.15, 0.2) is 0 Å². The summed E-state index contributed by atoms with van der Waals surface area (Å²) in [5, 5.41) is 18.9. The van der Waals surface area contributed by atoms with Crippen LogP contribution < -0.4 is 0 Å². The van der Waals surface area contributed by atoms with E-state index in [1.807, 2.05) is 30.3 Å². The lowest BCUT2D eigenvalue weighted by molar-refractivity contribution is -0.144. The summed E-state index contributed by atoms with van der Waals surface area (Å²) in [5.74, 6) is -1.01. The summed E-state index contributed by atoms with van der Waals surface area (Å²) in [6.07, 6.45) is 0.907. The molecule has 3 atom stereocenters. The Kier molecular flexibility index (Phi) is 5.88. The lowest BCUT2D eigenvalue weighted by atomic mass is 10.00. The monoisotopic (exact) mass is 296 g/mol. The molecule has 5 heteroatoms. The largest absolute Gasteiger partial charge is 0.481 e. The van der Waals surface area contributed by atoms with Crippen molar-refractivity contribution in [3.05, 3.63) is 35.9 Å². The molecular formula is C15H20O4S. The smallest absolute Gasteiger partial charge is 0.310 e. The Labute approximate surface area is 123 Å². The highest BCUT2D eigenvalue weighted by Crippen LogP contribution is 2.34. The first-order valence-corrected chi connectivity index (χ1v) is 7.87. The van der Waals surface area contributed by atoms with Crippen molar-refractivity contribution < 1.29 is 19.7 Å². The number of hydrogen-bond donors (Lipinski definition) is 2. The molecule has 1 aliphatic rings. The third kappa shape index (κ3) is 4.23. The maximum Gasteiger partial charge on any atom is 0.310 e.